The fourth-order valence-electron chi connectivity index (χ4n) is 0. The van der Waals surface area contributed by atoms with Crippen molar-refractivity contribution in [3.63, 3.8) is 0 Å². The van der Waals surface area contributed by atoms with E-state index in [1.165, 1.54) is 0 Å². The van der Waals surface area contributed by atoms with Gasteiger partial charge in [-0.1, -0.05) is 27.8 Å². The molecule has 0 N–H and O–H groups in total. The van der Waals surface area contributed by atoms with Gasteiger partial charge in [0.05, 0.1) is 0 Å². The maximum atomic E-state index is 11.3. The van der Waals surface area contributed by atoms with Gasteiger partial charge in [-0.05, 0) is 11.8 Å². The second kappa shape index (κ2) is 1.91. The lowest BCUT2D eigenvalue weighted by Crippen LogP contribution is -2.13. The van der Waals surface area contributed by atoms with Crippen molar-refractivity contribution in [3.05, 3.63) is 0 Å². The molecule has 0 spiro atoms. The highest BCUT2D eigenvalue weighted by Gasteiger charge is 2.19. The average Bonchev–Trinajstić information content (AvgIpc) is 1.25. The molecule has 0 unspecified atom stereocenters. The van der Waals surface area contributed by atoms with Gasteiger partial charge in [0.2, 0.25) is 0 Å². The van der Waals surface area contributed by atoms with Crippen molar-refractivity contribution in [2.45, 2.75) is 25.9 Å². The molecule has 3 heteroatoms. The summed E-state index contributed by atoms with van der Waals surface area (Å²) in [6, 6.07) is 0. The molecular weight excluding hydrogens is 118 g/mol. The van der Waals surface area contributed by atoms with Gasteiger partial charge in [-0.25, -0.2) is 0 Å². The second-order valence-corrected chi connectivity index (χ2v) is 5.00. The monoisotopic (exact) mass is 133 g/mol. The molecule has 0 aliphatic carbocycles. The molecule has 8 heavy (non-hydrogen) atoms. The summed E-state index contributed by atoms with van der Waals surface area (Å²) < 4.78 is 11.3. The Morgan fingerprint density at radius 1 is 1.38 bits per heavy atom. The molecular formula is C5H15BOP-. The highest BCUT2D eigenvalue weighted by Crippen LogP contribution is 2.49. The minimum Gasteiger partial charge on any atom is -0.366 e. The van der Waals surface area contributed by atoms with E-state index >= 15 is 0 Å². The summed E-state index contributed by atoms with van der Waals surface area (Å²) in [4.78, 5) is 0. The number of hydrogen-bond donors (Lipinski definition) is 0. The maximum absolute atomic E-state index is 11.3. The summed E-state index contributed by atoms with van der Waals surface area (Å²) in [6.07, 6.45) is 0. The summed E-state index contributed by atoms with van der Waals surface area (Å²) in [5, 5.41) is 0.104. The molecule has 0 radical (unpaired) electrons. The Labute approximate surface area is 52.6 Å². The van der Waals surface area contributed by atoms with E-state index in [0.717, 1.165) is 0 Å². The second-order valence-electron chi connectivity index (χ2n) is 2.67. The predicted octanol–water partition coefficient (Wildman–Crippen LogP) is 1.06. The minimum absolute atomic E-state index is 0.0556. The van der Waals surface area contributed by atoms with Gasteiger partial charge < -0.3 is 4.57 Å². The van der Waals surface area contributed by atoms with E-state index < -0.39 is 7.02 Å². The smallest absolute Gasteiger partial charge is 0.0268 e. The van der Waals surface area contributed by atoms with Crippen LogP contribution >= 0.6 is 7.02 Å². The SMILES string of the molecule is [BH3-][P@@](C)(=O)C(C)(C)C. The molecule has 0 bridgehead atoms. The topological polar surface area (TPSA) is 17.1 Å². The van der Waals surface area contributed by atoms with Crippen molar-refractivity contribution < 1.29 is 4.57 Å². The molecule has 0 amide bonds. The van der Waals surface area contributed by atoms with Crippen molar-refractivity contribution >= 4 is 14.6 Å². The standard InChI is InChI=1S/C5H15BOP/c1-5(2,3)8(4,6)7/h1-4,6H3/q-1/t8-/m0/s1. The van der Waals surface area contributed by atoms with Crippen LogP contribution in [0.25, 0.3) is 0 Å². The normalized spacial score (nSPS) is 20.1. The van der Waals surface area contributed by atoms with Gasteiger partial charge in [0.15, 0.2) is 0 Å². The van der Waals surface area contributed by atoms with Crippen molar-refractivity contribution in [1.82, 2.24) is 0 Å². The lowest BCUT2D eigenvalue weighted by Gasteiger charge is -2.29. The predicted molar refractivity (Wildman–Crippen MR) is 43.2 cm³/mol. The Balaban J connectivity index is 4.26. The number of rotatable bonds is 0. The lowest BCUT2D eigenvalue weighted by molar-refractivity contribution is 0.564. The molecule has 1 atom stereocenters. The summed E-state index contributed by atoms with van der Waals surface area (Å²) in [5.41, 5.74) is 0. The Morgan fingerprint density at radius 3 is 1.50 bits per heavy atom. The Morgan fingerprint density at radius 2 is 1.50 bits per heavy atom. The van der Waals surface area contributed by atoms with Crippen LogP contribution < -0.4 is 0 Å². The van der Waals surface area contributed by atoms with Gasteiger partial charge in [-0.3, -0.25) is 0 Å². The van der Waals surface area contributed by atoms with E-state index in [9.17, 15) is 4.57 Å². The highest BCUT2D eigenvalue weighted by molar-refractivity contribution is 7.88. The van der Waals surface area contributed by atoms with Crippen LogP contribution in [-0.2, 0) is 4.57 Å². The van der Waals surface area contributed by atoms with Crippen LogP contribution in [-0.4, -0.2) is 19.4 Å². The quantitative estimate of drug-likeness (QED) is 0.356. The summed E-state index contributed by atoms with van der Waals surface area (Å²) in [5.74, 6) is 0. The largest absolute Gasteiger partial charge is 0.366 e. The zero-order valence-corrected chi connectivity index (χ0v) is 6.25. The molecule has 0 aliphatic heterocycles. The molecule has 0 heterocycles. The first-order chi connectivity index (χ1) is 3.25. The fraction of sp³-hybridized carbons (Fsp3) is 1.00. The Hall–Kier alpha value is 0.295. The molecule has 0 rings (SSSR count). The van der Waals surface area contributed by atoms with Crippen molar-refractivity contribution in [2.75, 3.05) is 6.66 Å². The minimum atomic E-state index is -1.60. The van der Waals surface area contributed by atoms with Gasteiger partial charge >= 0.3 is 0 Å². The number of hydrogen-bond acceptors (Lipinski definition) is 1. The average molecular weight is 133 g/mol. The molecule has 0 saturated carbocycles. The first-order valence-corrected chi connectivity index (χ1v) is 4.06. The van der Waals surface area contributed by atoms with Gasteiger partial charge in [0.1, 0.15) is 0 Å². The first-order valence-electron chi connectivity index (χ1n) is 2.35. The van der Waals surface area contributed by atoms with E-state index in [1.54, 1.807) is 0 Å². The molecule has 0 saturated heterocycles. The molecule has 0 aromatic rings. The van der Waals surface area contributed by atoms with Crippen LogP contribution in [0.15, 0.2) is 0 Å². The Kier molecular flexibility index (Phi) is 1.98. The maximum Gasteiger partial charge on any atom is 0.0268 e. The molecule has 0 aromatic carbocycles. The molecule has 0 fully saturated rings. The molecule has 1 nitrogen and oxygen atoms in total. The van der Waals surface area contributed by atoms with E-state index in [2.05, 4.69) is 20.8 Å². The fourth-order valence-corrected chi connectivity index (χ4v) is 0. The van der Waals surface area contributed by atoms with E-state index in [0.29, 0.717) is 0 Å². The molecule has 0 aliphatic rings. The molecule has 0 aromatic heterocycles. The summed E-state index contributed by atoms with van der Waals surface area (Å²) in [7, 11) is -1.54. The van der Waals surface area contributed by atoms with Gasteiger partial charge in [-0.2, -0.15) is 0 Å². The summed E-state index contributed by atoms with van der Waals surface area (Å²) in [6.45, 7) is 8.15. The van der Waals surface area contributed by atoms with Crippen molar-refractivity contribution in [2.24, 2.45) is 0 Å². The molecule has 50 valence electrons. The van der Waals surface area contributed by atoms with Crippen LogP contribution in [0.2, 0.25) is 0 Å². The Bertz CT molecular complexity index is 119. The third-order valence-electron chi connectivity index (χ3n) is 0.945. The third kappa shape index (κ3) is 2.04. The van der Waals surface area contributed by atoms with Crippen LogP contribution in [0.5, 0.6) is 0 Å². The van der Waals surface area contributed by atoms with E-state index in [-0.39, 0.29) is 12.7 Å². The van der Waals surface area contributed by atoms with E-state index in [4.69, 9.17) is 0 Å². The lowest BCUT2D eigenvalue weighted by atomic mass is 10.3. The van der Waals surface area contributed by atoms with Gasteiger partial charge in [-0.15, -0.1) is 0 Å². The van der Waals surface area contributed by atoms with Crippen LogP contribution in [0.4, 0.5) is 0 Å². The zero-order chi connectivity index (χ0) is 7.00. The van der Waals surface area contributed by atoms with Gasteiger partial charge in [0, 0.05) is 7.57 Å². The zero-order valence-electron chi connectivity index (χ0n) is 5.36. The van der Waals surface area contributed by atoms with Crippen LogP contribution in [0, 0.1) is 0 Å². The van der Waals surface area contributed by atoms with Crippen molar-refractivity contribution in [3.8, 4) is 0 Å². The first kappa shape index (κ1) is 8.29. The van der Waals surface area contributed by atoms with Crippen molar-refractivity contribution in [1.29, 1.82) is 0 Å². The van der Waals surface area contributed by atoms with Crippen LogP contribution in [0.3, 0.4) is 0 Å². The highest BCUT2D eigenvalue weighted by atomic mass is 31.2. The summed E-state index contributed by atoms with van der Waals surface area (Å²) >= 11 is 0. The third-order valence-corrected chi connectivity index (χ3v) is 2.83. The van der Waals surface area contributed by atoms with Gasteiger partial charge in [0.25, 0.3) is 0 Å². The van der Waals surface area contributed by atoms with Crippen LogP contribution in [0.1, 0.15) is 20.8 Å². The van der Waals surface area contributed by atoms with E-state index in [1.807, 2.05) is 6.66 Å².